The molecule has 0 saturated carbocycles. The topological polar surface area (TPSA) is 114 Å². The fourth-order valence-electron chi connectivity index (χ4n) is 3.91. The van der Waals surface area contributed by atoms with Gasteiger partial charge in [-0.25, -0.2) is 8.42 Å². The molecule has 2 unspecified atom stereocenters. The highest BCUT2D eigenvalue weighted by atomic mass is 32.2. The molecule has 0 aromatic heterocycles. The van der Waals surface area contributed by atoms with Crippen LogP contribution in [0.25, 0.3) is 0 Å². The summed E-state index contributed by atoms with van der Waals surface area (Å²) in [6, 6.07) is 10.9. The molecule has 210 valence electrons. The number of anilines is 1. The Labute approximate surface area is 225 Å². The van der Waals surface area contributed by atoms with Crippen LogP contribution in [0.1, 0.15) is 39.2 Å². The van der Waals surface area contributed by atoms with Gasteiger partial charge in [0, 0.05) is 18.7 Å². The molecular formula is C27H39N3O7S. The highest BCUT2D eigenvalue weighted by molar-refractivity contribution is 7.92. The molecule has 11 heteroatoms. The molecule has 1 N–H and O–H groups in total. The lowest BCUT2D eigenvalue weighted by molar-refractivity contribution is -0.140. The van der Waals surface area contributed by atoms with Gasteiger partial charge in [0.05, 0.1) is 33.3 Å². The van der Waals surface area contributed by atoms with Crippen LogP contribution in [0.4, 0.5) is 5.69 Å². The number of benzene rings is 2. The molecule has 0 saturated heterocycles. The van der Waals surface area contributed by atoms with E-state index in [2.05, 4.69) is 5.32 Å². The molecule has 0 fully saturated rings. The highest BCUT2D eigenvalue weighted by Gasteiger charge is 2.33. The van der Waals surface area contributed by atoms with Crippen LogP contribution in [0, 0.1) is 0 Å². The average Bonchev–Trinajstić information content (AvgIpc) is 2.90. The summed E-state index contributed by atoms with van der Waals surface area (Å²) in [7, 11) is 0.520. The summed E-state index contributed by atoms with van der Waals surface area (Å²) in [4.78, 5) is 28.5. The molecule has 10 nitrogen and oxygen atoms in total. The first kappa shape index (κ1) is 30.8. The fourth-order valence-corrected chi connectivity index (χ4v) is 4.77. The van der Waals surface area contributed by atoms with Crippen molar-refractivity contribution >= 4 is 27.5 Å². The second-order valence-corrected chi connectivity index (χ2v) is 10.8. The van der Waals surface area contributed by atoms with E-state index in [1.807, 2.05) is 26.8 Å². The Morgan fingerprint density at radius 3 is 2.16 bits per heavy atom. The molecular weight excluding hydrogens is 510 g/mol. The van der Waals surface area contributed by atoms with Crippen LogP contribution >= 0.6 is 0 Å². The van der Waals surface area contributed by atoms with Crippen molar-refractivity contribution in [2.75, 3.05) is 38.4 Å². The molecule has 0 spiro atoms. The van der Waals surface area contributed by atoms with E-state index in [1.165, 1.54) is 25.2 Å². The lowest BCUT2D eigenvalue weighted by Gasteiger charge is -2.33. The summed E-state index contributed by atoms with van der Waals surface area (Å²) in [6.07, 6.45) is 2.08. The zero-order chi connectivity index (χ0) is 28.5. The smallest absolute Gasteiger partial charge is 0.244 e. The molecule has 0 aliphatic rings. The molecule has 0 aliphatic carbocycles. The van der Waals surface area contributed by atoms with Crippen LogP contribution in [0.3, 0.4) is 0 Å². The summed E-state index contributed by atoms with van der Waals surface area (Å²) in [5.74, 6) is 0.460. The lowest BCUT2D eigenvalue weighted by Crippen LogP contribution is -2.53. The number of ether oxygens (including phenoxy) is 3. The monoisotopic (exact) mass is 549 g/mol. The van der Waals surface area contributed by atoms with Crippen LogP contribution in [0.5, 0.6) is 17.2 Å². The third-order valence-electron chi connectivity index (χ3n) is 6.21. The highest BCUT2D eigenvalue weighted by Crippen LogP contribution is 2.33. The quantitative estimate of drug-likeness (QED) is 0.385. The molecule has 2 atom stereocenters. The molecule has 2 amide bonds. The third kappa shape index (κ3) is 8.01. The van der Waals surface area contributed by atoms with E-state index >= 15 is 0 Å². The number of carbonyl (C=O) groups is 2. The van der Waals surface area contributed by atoms with Gasteiger partial charge in [0.25, 0.3) is 0 Å². The standard InChI is InChI=1S/C27H39N3O7S/c1-8-19(3)28-27(32)23(9-2)29(17-20-11-10-12-21(15-20)35-4)26(31)18-30(38(7,33)34)24-14-13-22(36-5)16-25(24)37-6/h10-16,19,23H,8-9,17-18H2,1-7H3,(H,28,32). The van der Waals surface area contributed by atoms with Crippen molar-refractivity contribution in [2.24, 2.45) is 0 Å². The molecule has 2 rings (SSSR count). The zero-order valence-electron chi connectivity index (χ0n) is 23.2. The second kappa shape index (κ2) is 13.9. The molecule has 0 radical (unpaired) electrons. The number of sulfonamides is 1. The van der Waals surface area contributed by atoms with Crippen LogP contribution in [0.15, 0.2) is 42.5 Å². The normalized spacial score (nSPS) is 12.7. The summed E-state index contributed by atoms with van der Waals surface area (Å²) >= 11 is 0. The Kier molecular flexibility index (Phi) is 11.2. The summed E-state index contributed by atoms with van der Waals surface area (Å²) in [5.41, 5.74) is 0.919. The van der Waals surface area contributed by atoms with Crippen molar-refractivity contribution in [1.29, 1.82) is 0 Å². The molecule has 38 heavy (non-hydrogen) atoms. The minimum Gasteiger partial charge on any atom is -0.497 e. The van der Waals surface area contributed by atoms with Gasteiger partial charge >= 0.3 is 0 Å². The van der Waals surface area contributed by atoms with E-state index in [9.17, 15) is 18.0 Å². The van der Waals surface area contributed by atoms with Crippen LogP contribution in [-0.2, 0) is 26.2 Å². The van der Waals surface area contributed by atoms with E-state index in [0.29, 0.717) is 17.9 Å². The van der Waals surface area contributed by atoms with Gasteiger partial charge in [-0.1, -0.05) is 26.0 Å². The van der Waals surface area contributed by atoms with Gasteiger partial charge in [-0.3, -0.25) is 13.9 Å². The van der Waals surface area contributed by atoms with Gasteiger partial charge in [-0.15, -0.1) is 0 Å². The minimum absolute atomic E-state index is 0.0820. The van der Waals surface area contributed by atoms with Gasteiger partial charge in [0.15, 0.2) is 0 Å². The van der Waals surface area contributed by atoms with Crippen LogP contribution < -0.4 is 23.8 Å². The Morgan fingerprint density at radius 2 is 1.61 bits per heavy atom. The third-order valence-corrected chi connectivity index (χ3v) is 7.34. The fraction of sp³-hybridized carbons (Fsp3) is 0.481. The van der Waals surface area contributed by atoms with Gasteiger partial charge in [-0.05, 0) is 49.6 Å². The van der Waals surface area contributed by atoms with Gasteiger partial charge < -0.3 is 24.4 Å². The Morgan fingerprint density at radius 1 is 0.947 bits per heavy atom. The van der Waals surface area contributed by atoms with Crippen molar-refractivity contribution in [3.05, 3.63) is 48.0 Å². The number of rotatable bonds is 14. The number of nitrogens with zero attached hydrogens (tertiary/aromatic N) is 2. The molecule has 0 aliphatic heterocycles. The molecule has 0 bridgehead atoms. The Bertz CT molecular complexity index is 1200. The number of hydrogen-bond acceptors (Lipinski definition) is 7. The maximum Gasteiger partial charge on any atom is 0.244 e. The molecule has 2 aromatic carbocycles. The largest absolute Gasteiger partial charge is 0.497 e. The SMILES string of the molecule is CCC(C)NC(=O)C(CC)N(Cc1cccc(OC)c1)C(=O)CN(c1ccc(OC)cc1OC)S(C)(=O)=O. The summed E-state index contributed by atoms with van der Waals surface area (Å²) in [5, 5.41) is 2.95. The van der Waals surface area contributed by atoms with E-state index in [-0.39, 0.29) is 29.9 Å². The summed E-state index contributed by atoms with van der Waals surface area (Å²) in [6.45, 7) is 5.21. The second-order valence-electron chi connectivity index (χ2n) is 8.92. The van der Waals surface area contributed by atoms with E-state index in [1.54, 1.807) is 37.4 Å². The van der Waals surface area contributed by atoms with Crippen molar-refractivity contribution in [3.63, 3.8) is 0 Å². The van der Waals surface area contributed by atoms with Crippen LogP contribution in [0.2, 0.25) is 0 Å². The first-order valence-electron chi connectivity index (χ1n) is 12.4. The van der Waals surface area contributed by atoms with E-state index < -0.39 is 28.5 Å². The van der Waals surface area contributed by atoms with Gasteiger partial charge in [0.2, 0.25) is 21.8 Å². The number of amides is 2. The van der Waals surface area contributed by atoms with Crippen molar-refractivity contribution in [1.82, 2.24) is 10.2 Å². The Hall–Kier alpha value is -3.47. The zero-order valence-corrected chi connectivity index (χ0v) is 24.0. The summed E-state index contributed by atoms with van der Waals surface area (Å²) < 4.78 is 42.7. The average molecular weight is 550 g/mol. The van der Waals surface area contributed by atoms with E-state index in [4.69, 9.17) is 14.2 Å². The number of carbonyl (C=O) groups excluding carboxylic acids is 2. The van der Waals surface area contributed by atoms with Crippen molar-refractivity contribution in [3.8, 4) is 17.2 Å². The minimum atomic E-state index is -3.91. The van der Waals surface area contributed by atoms with Crippen molar-refractivity contribution < 1.29 is 32.2 Å². The predicted molar refractivity (Wildman–Crippen MR) is 147 cm³/mol. The first-order valence-corrected chi connectivity index (χ1v) is 14.3. The maximum absolute atomic E-state index is 13.9. The predicted octanol–water partition coefficient (Wildman–Crippen LogP) is 3.20. The first-order chi connectivity index (χ1) is 18.0. The van der Waals surface area contributed by atoms with Gasteiger partial charge in [-0.2, -0.15) is 0 Å². The molecule has 2 aromatic rings. The van der Waals surface area contributed by atoms with Crippen molar-refractivity contribution in [2.45, 2.75) is 52.2 Å². The number of nitrogens with one attached hydrogen (secondary N) is 1. The molecule has 0 heterocycles. The van der Waals surface area contributed by atoms with E-state index in [0.717, 1.165) is 22.5 Å². The van der Waals surface area contributed by atoms with Gasteiger partial charge in [0.1, 0.15) is 29.8 Å². The Balaban J connectivity index is 2.52. The maximum atomic E-state index is 13.9. The number of methoxy groups -OCH3 is 3. The number of hydrogen-bond donors (Lipinski definition) is 1. The van der Waals surface area contributed by atoms with Crippen LogP contribution in [-0.4, -0.2) is 71.3 Å². The lowest BCUT2D eigenvalue weighted by atomic mass is 10.1.